The average molecular weight is 278 g/mol. The lowest BCUT2D eigenvalue weighted by molar-refractivity contribution is 0.577. The molecule has 0 aliphatic carbocycles. The van der Waals surface area contributed by atoms with Crippen LogP contribution in [0.5, 0.6) is 0 Å². The summed E-state index contributed by atoms with van der Waals surface area (Å²) < 4.78 is 0. The summed E-state index contributed by atoms with van der Waals surface area (Å²) in [6, 6.07) is 18.7. The number of rotatable bonds is 4. The van der Waals surface area contributed by atoms with Crippen molar-refractivity contribution in [2.24, 2.45) is 0 Å². The Morgan fingerprint density at radius 2 is 1.52 bits per heavy atom. The third-order valence-electron chi connectivity index (χ3n) is 4.15. The Bertz CT molecular complexity index is 598. The molecule has 1 fully saturated rings. The summed E-state index contributed by atoms with van der Waals surface area (Å²) >= 11 is 0. The van der Waals surface area contributed by atoms with Gasteiger partial charge in [0.1, 0.15) is 0 Å². The van der Waals surface area contributed by atoms with Crippen LogP contribution in [0, 0.1) is 5.41 Å². The largest absolute Gasteiger partial charge is 0.371 e. The van der Waals surface area contributed by atoms with E-state index in [9.17, 15) is 0 Å². The summed E-state index contributed by atoms with van der Waals surface area (Å²) in [5.74, 6) is 0. The molecule has 0 amide bonds. The molecule has 0 spiro atoms. The maximum atomic E-state index is 8.50. The smallest absolute Gasteiger partial charge is 0.0458 e. The topological polar surface area (TPSA) is 27.1 Å². The van der Waals surface area contributed by atoms with E-state index in [0.29, 0.717) is 12.1 Å². The first-order valence-corrected chi connectivity index (χ1v) is 7.80. The van der Waals surface area contributed by atoms with Crippen LogP contribution in [0.25, 0.3) is 0 Å². The zero-order valence-corrected chi connectivity index (χ0v) is 12.4. The minimum Gasteiger partial charge on any atom is -0.371 e. The van der Waals surface area contributed by atoms with Crippen molar-refractivity contribution in [2.45, 2.75) is 25.7 Å². The molecule has 0 saturated carbocycles. The number of piperidine rings is 1. The van der Waals surface area contributed by atoms with E-state index in [1.807, 2.05) is 24.3 Å². The molecule has 0 unspecified atom stereocenters. The summed E-state index contributed by atoms with van der Waals surface area (Å²) in [7, 11) is 0. The Hall–Kier alpha value is -2.09. The van der Waals surface area contributed by atoms with Crippen LogP contribution in [-0.2, 0) is 6.42 Å². The van der Waals surface area contributed by atoms with Crippen molar-refractivity contribution in [3.8, 4) is 0 Å². The van der Waals surface area contributed by atoms with Crippen LogP contribution >= 0.6 is 0 Å². The van der Waals surface area contributed by atoms with Crippen LogP contribution in [0.2, 0.25) is 0 Å². The number of benzene rings is 2. The molecule has 0 bridgehead atoms. The summed E-state index contributed by atoms with van der Waals surface area (Å²) in [5, 5.41) is 8.50. The number of hydrogen-bond acceptors (Lipinski definition) is 2. The van der Waals surface area contributed by atoms with E-state index in [1.54, 1.807) is 0 Å². The third kappa shape index (κ3) is 3.33. The molecule has 2 heteroatoms. The quantitative estimate of drug-likeness (QED) is 0.830. The van der Waals surface area contributed by atoms with Gasteiger partial charge >= 0.3 is 0 Å². The second-order valence-electron chi connectivity index (χ2n) is 5.71. The SMILES string of the molecule is N=C(Cc1ccccc1)c1ccccc1N1CCCCC1. The van der Waals surface area contributed by atoms with Crippen molar-refractivity contribution in [1.82, 2.24) is 0 Å². The van der Waals surface area contributed by atoms with Crippen LogP contribution in [-0.4, -0.2) is 18.8 Å². The lowest BCUT2D eigenvalue weighted by atomic mass is 9.99. The minimum absolute atomic E-state index is 0.700. The Balaban J connectivity index is 1.82. The second kappa shape index (κ2) is 6.57. The molecule has 3 rings (SSSR count). The van der Waals surface area contributed by atoms with Crippen molar-refractivity contribution in [1.29, 1.82) is 5.41 Å². The van der Waals surface area contributed by atoms with Crippen LogP contribution in [0.3, 0.4) is 0 Å². The number of nitrogens with one attached hydrogen (secondary N) is 1. The highest BCUT2D eigenvalue weighted by Crippen LogP contribution is 2.25. The van der Waals surface area contributed by atoms with Crippen molar-refractivity contribution < 1.29 is 0 Å². The lowest BCUT2D eigenvalue weighted by Gasteiger charge is -2.30. The molecule has 2 aromatic rings. The molecule has 21 heavy (non-hydrogen) atoms. The van der Waals surface area contributed by atoms with Gasteiger partial charge in [0.15, 0.2) is 0 Å². The van der Waals surface area contributed by atoms with Crippen molar-refractivity contribution >= 4 is 11.4 Å². The van der Waals surface area contributed by atoms with Gasteiger partial charge in [-0.05, 0) is 30.9 Å². The predicted molar refractivity (Wildman–Crippen MR) is 89.5 cm³/mol. The summed E-state index contributed by atoms with van der Waals surface area (Å²) in [4.78, 5) is 2.44. The van der Waals surface area contributed by atoms with Gasteiger partial charge in [0.25, 0.3) is 0 Å². The normalized spacial score (nSPS) is 15.0. The standard InChI is InChI=1S/C19H22N2/c20-18(15-16-9-3-1-4-10-16)17-11-5-6-12-19(17)21-13-7-2-8-14-21/h1,3-6,9-12,20H,2,7-8,13-15H2. The molecular weight excluding hydrogens is 256 g/mol. The van der Waals surface area contributed by atoms with E-state index < -0.39 is 0 Å². The van der Waals surface area contributed by atoms with E-state index >= 15 is 0 Å². The minimum atomic E-state index is 0.700. The molecule has 1 N–H and O–H groups in total. The number of para-hydroxylation sites is 1. The molecule has 2 aromatic carbocycles. The third-order valence-corrected chi connectivity index (χ3v) is 4.15. The maximum Gasteiger partial charge on any atom is 0.0458 e. The first-order chi connectivity index (χ1) is 10.3. The van der Waals surface area contributed by atoms with Gasteiger partial charge in [-0.25, -0.2) is 0 Å². The highest BCUT2D eigenvalue weighted by molar-refractivity contribution is 6.04. The number of nitrogens with zero attached hydrogens (tertiary/aromatic N) is 1. The number of anilines is 1. The second-order valence-corrected chi connectivity index (χ2v) is 5.71. The van der Waals surface area contributed by atoms with Gasteiger partial charge in [-0.1, -0.05) is 48.5 Å². The number of hydrogen-bond donors (Lipinski definition) is 1. The Kier molecular flexibility index (Phi) is 4.34. The van der Waals surface area contributed by atoms with Gasteiger partial charge in [-0.15, -0.1) is 0 Å². The van der Waals surface area contributed by atoms with Crippen molar-refractivity contribution in [3.05, 3.63) is 65.7 Å². The van der Waals surface area contributed by atoms with E-state index in [0.717, 1.165) is 18.7 Å². The summed E-state index contributed by atoms with van der Waals surface area (Å²) in [6.45, 7) is 2.24. The van der Waals surface area contributed by atoms with Crippen LogP contribution in [0.1, 0.15) is 30.4 Å². The predicted octanol–water partition coefficient (Wildman–Crippen LogP) is 4.29. The molecule has 1 heterocycles. The monoisotopic (exact) mass is 278 g/mol. The van der Waals surface area contributed by atoms with Crippen molar-refractivity contribution in [3.63, 3.8) is 0 Å². The van der Waals surface area contributed by atoms with Gasteiger partial charge in [-0.3, -0.25) is 0 Å². The molecule has 0 aromatic heterocycles. The van der Waals surface area contributed by atoms with Crippen LogP contribution < -0.4 is 4.90 Å². The van der Waals surface area contributed by atoms with Gasteiger partial charge in [0.05, 0.1) is 0 Å². The highest BCUT2D eigenvalue weighted by Gasteiger charge is 2.16. The van der Waals surface area contributed by atoms with E-state index in [2.05, 4.69) is 35.2 Å². The fraction of sp³-hybridized carbons (Fsp3) is 0.316. The molecule has 2 nitrogen and oxygen atoms in total. The Morgan fingerprint density at radius 1 is 0.857 bits per heavy atom. The van der Waals surface area contributed by atoms with E-state index in [4.69, 9.17) is 5.41 Å². The van der Waals surface area contributed by atoms with Crippen LogP contribution in [0.4, 0.5) is 5.69 Å². The highest BCUT2D eigenvalue weighted by atomic mass is 15.1. The first kappa shape index (κ1) is 13.9. The molecule has 1 aliphatic rings. The lowest BCUT2D eigenvalue weighted by Crippen LogP contribution is -2.30. The van der Waals surface area contributed by atoms with Crippen LogP contribution in [0.15, 0.2) is 54.6 Å². The Labute approximate surface area is 126 Å². The van der Waals surface area contributed by atoms with E-state index in [-0.39, 0.29) is 0 Å². The van der Waals surface area contributed by atoms with Crippen molar-refractivity contribution in [2.75, 3.05) is 18.0 Å². The maximum absolute atomic E-state index is 8.50. The summed E-state index contributed by atoms with van der Waals surface area (Å²) in [6.07, 6.45) is 4.56. The van der Waals surface area contributed by atoms with E-state index in [1.165, 1.54) is 30.5 Å². The van der Waals surface area contributed by atoms with Gasteiger partial charge < -0.3 is 10.3 Å². The molecular formula is C19H22N2. The van der Waals surface area contributed by atoms with Gasteiger partial charge in [-0.2, -0.15) is 0 Å². The molecule has 0 radical (unpaired) electrons. The average Bonchev–Trinajstić information content (AvgIpc) is 2.56. The fourth-order valence-corrected chi connectivity index (χ4v) is 3.03. The molecule has 108 valence electrons. The zero-order valence-electron chi connectivity index (χ0n) is 12.4. The summed E-state index contributed by atoms with van der Waals surface area (Å²) in [5.41, 5.74) is 4.24. The van der Waals surface area contributed by atoms with Gasteiger partial charge in [0, 0.05) is 36.5 Å². The Morgan fingerprint density at radius 3 is 2.29 bits per heavy atom. The molecule has 0 atom stereocenters. The fourth-order valence-electron chi connectivity index (χ4n) is 3.03. The molecule has 1 saturated heterocycles. The first-order valence-electron chi connectivity index (χ1n) is 7.80. The van der Waals surface area contributed by atoms with Gasteiger partial charge in [0.2, 0.25) is 0 Å². The zero-order chi connectivity index (χ0) is 14.5. The molecule has 1 aliphatic heterocycles.